The lowest BCUT2D eigenvalue weighted by atomic mass is 9.97. The molecule has 0 radical (unpaired) electrons. The molecule has 0 fully saturated rings. The second-order valence-electron chi connectivity index (χ2n) is 10.5. The topological polar surface area (TPSA) is 131 Å². The van der Waals surface area contributed by atoms with E-state index in [2.05, 4.69) is 17.2 Å². The molecule has 0 aliphatic heterocycles. The van der Waals surface area contributed by atoms with Crippen LogP contribution in [0.2, 0.25) is 0 Å². The van der Waals surface area contributed by atoms with E-state index < -0.39 is 35.6 Å². The van der Waals surface area contributed by atoms with Crippen LogP contribution in [-0.4, -0.2) is 52.9 Å². The van der Waals surface area contributed by atoms with Gasteiger partial charge in [-0.15, -0.1) is 6.58 Å². The van der Waals surface area contributed by atoms with Gasteiger partial charge in [0.05, 0.1) is 0 Å². The molecule has 1 aromatic carbocycles. The van der Waals surface area contributed by atoms with Crippen molar-refractivity contribution in [2.45, 2.75) is 97.9 Å². The van der Waals surface area contributed by atoms with Crippen LogP contribution in [0.1, 0.15) is 83.0 Å². The Morgan fingerprint density at radius 1 is 1.08 bits per heavy atom. The lowest BCUT2D eigenvalue weighted by Gasteiger charge is -2.34. The Bertz CT molecular complexity index is 950. The fourth-order valence-electron chi connectivity index (χ4n) is 4.12. The quantitative estimate of drug-likeness (QED) is 0.343. The molecule has 3 atom stereocenters. The average Bonchev–Trinajstić information content (AvgIpc) is 2.73. The molecule has 9 nitrogen and oxygen atoms in total. The Kier molecular flexibility index (Phi) is 12.3. The van der Waals surface area contributed by atoms with Crippen molar-refractivity contribution < 1.29 is 23.9 Å². The Balaban J connectivity index is 3.52. The summed E-state index contributed by atoms with van der Waals surface area (Å²) in [5.74, 6) is -1.50. The summed E-state index contributed by atoms with van der Waals surface area (Å²) >= 11 is 0. The van der Waals surface area contributed by atoms with Crippen molar-refractivity contribution in [2.75, 3.05) is 6.54 Å². The minimum Gasteiger partial charge on any atom is -0.444 e. The van der Waals surface area contributed by atoms with Crippen LogP contribution >= 0.6 is 0 Å². The van der Waals surface area contributed by atoms with Crippen LogP contribution in [0, 0.1) is 13.8 Å². The standard InChI is InChI=1S/C28H44N4O5/c1-9-11-20(5)30-25(34)24(21-16-18(3)15-19(4)17-21)32(14-10-2)26(35)22(12-13-23(29)33)31-27(36)37-28(6,7)8/h10,15-17,20,22,24H,2,9,11-14H2,1,3-8H3,(H2,29,33)(H,30,34)(H,31,36). The minimum atomic E-state index is -1.14. The normalized spacial score (nSPS) is 13.6. The zero-order chi connectivity index (χ0) is 28.3. The van der Waals surface area contributed by atoms with E-state index in [4.69, 9.17) is 10.5 Å². The predicted octanol–water partition coefficient (Wildman–Crippen LogP) is 3.82. The number of hydrogen-bond acceptors (Lipinski definition) is 5. The fraction of sp³-hybridized carbons (Fsp3) is 0.571. The number of aryl methyl sites for hydroxylation is 2. The Labute approximate surface area is 221 Å². The molecule has 0 spiro atoms. The minimum absolute atomic E-state index is 0.0368. The fourth-order valence-corrected chi connectivity index (χ4v) is 4.12. The summed E-state index contributed by atoms with van der Waals surface area (Å²) in [5.41, 5.74) is 7.07. The largest absolute Gasteiger partial charge is 0.444 e. The molecular formula is C28H44N4O5. The first kappa shape index (κ1) is 31.7. The van der Waals surface area contributed by atoms with Gasteiger partial charge in [-0.25, -0.2) is 4.79 Å². The van der Waals surface area contributed by atoms with Crippen molar-refractivity contribution >= 4 is 23.8 Å². The number of hydrogen-bond donors (Lipinski definition) is 3. The summed E-state index contributed by atoms with van der Waals surface area (Å²) in [7, 11) is 0. The first-order valence-corrected chi connectivity index (χ1v) is 12.8. The smallest absolute Gasteiger partial charge is 0.408 e. The monoisotopic (exact) mass is 516 g/mol. The van der Waals surface area contributed by atoms with Gasteiger partial charge in [0.1, 0.15) is 17.7 Å². The maximum absolute atomic E-state index is 13.9. The van der Waals surface area contributed by atoms with E-state index in [1.54, 1.807) is 20.8 Å². The number of amides is 4. The van der Waals surface area contributed by atoms with Crippen LogP contribution in [-0.2, 0) is 19.1 Å². The van der Waals surface area contributed by atoms with E-state index in [-0.39, 0.29) is 31.3 Å². The van der Waals surface area contributed by atoms with E-state index in [9.17, 15) is 19.2 Å². The molecule has 0 saturated carbocycles. The van der Waals surface area contributed by atoms with Gasteiger partial charge >= 0.3 is 6.09 Å². The summed E-state index contributed by atoms with van der Waals surface area (Å²) in [4.78, 5) is 53.0. The van der Waals surface area contributed by atoms with Crippen molar-refractivity contribution in [1.29, 1.82) is 0 Å². The molecule has 0 saturated heterocycles. The SMILES string of the molecule is C=CCN(C(=O)C(CCC(N)=O)NC(=O)OC(C)(C)C)C(C(=O)NC(C)CCC)c1cc(C)cc(C)c1. The second-order valence-corrected chi connectivity index (χ2v) is 10.5. The highest BCUT2D eigenvalue weighted by molar-refractivity contribution is 5.92. The molecule has 1 rings (SSSR count). The zero-order valence-electron chi connectivity index (χ0n) is 23.3. The van der Waals surface area contributed by atoms with Crippen LogP contribution < -0.4 is 16.4 Å². The molecule has 4 N–H and O–H groups in total. The van der Waals surface area contributed by atoms with Crippen molar-refractivity contribution in [3.8, 4) is 0 Å². The lowest BCUT2D eigenvalue weighted by molar-refractivity contribution is -0.142. The predicted molar refractivity (Wildman–Crippen MR) is 145 cm³/mol. The van der Waals surface area contributed by atoms with Crippen LogP contribution in [0.25, 0.3) is 0 Å². The van der Waals surface area contributed by atoms with E-state index in [0.29, 0.717) is 5.56 Å². The molecule has 0 heterocycles. The highest BCUT2D eigenvalue weighted by Gasteiger charge is 2.36. The van der Waals surface area contributed by atoms with Gasteiger partial charge in [0.2, 0.25) is 17.7 Å². The van der Waals surface area contributed by atoms with Crippen LogP contribution in [0.15, 0.2) is 30.9 Å². The number of nitrogens with zero attached hydrogens (tertiary/aromatic N) is 1. The number of nitrogens with two attached hydrogens (primary N) is 1. The Hall–Kier alpha value is -3.36. The number of carbonyl (C=O) groups excluding carboxylic acids is 4. The molecule has 0 aromatic heterocycles. The molecule has 4 amide bonds. The first-order chi connectivity index (χ1) is 17.2. The zero-order valence-corrected chi connectivity index (χ0v) is 23.3. The number of carbonyl (C=O) groups is 4. The highest BCUT2D eigenvalue weighted by atomic mass is 16.6. The van der Waals surface area contributed by atoms with Crippen LogP contribution in [0.5, 0.6) is 0 Å². The van der Waals surface area contributed by atoms with Gasteiger partial charge in [-0.2, -0.15) is 0 Å². The van der Waals surface area contributed by atoms with Crippen LogP contribution in [0.4, 0.5) is 4.79 Å². The number of ether oxygens (including phenoxy) is 1. The van der Waals surface area contributed by atoms with Gasteiger partial charge in [-0.3, -0.25) is 14.4 Å². The molecule has 37 heavy (non-hydrogen) atoms. The van der Waals surface area contributed by atoms with Gasteiger partial charge < -0.3 is 26.0 Å². The third kappa shape index (κ3) is 11.1. The molecule has 206 valence electrons. The summed E-state index contributed by atoms with van der Waals surface area (Å²) in [6.07, 6.45) is 2.20. The summed E-state index contributed by atoms with van der Waals surface area (Å²) in [6.45, 7) is 16.7. The van der Waals surface area contributed by atoms with E-state index in [0.717, 1.165) is 24.0 Å². The molecule has 9 heteroatoms. The highest BCUT2D eigenvalue weighted by Crippen LogP contribution is 2.26. The Morgan fingerprint density at radius 3 is 2.16 bits per heavy atom. The van der Waals surface area contributed by atoms with E-state index >= 15 is 0 Å². The third-order valence-electron chi connectivity index (χ3n) is 5.51. The molecule has 3 unspecified atom stereocenters. The van der Waals surface area contributed by atoms with Crippen molar-refractivity contribution in [3.63, 3.8) is 0 Å². The van der Waals surface area contributed by atoms with Crippen LogP contribution in [0.3, 0.4) is 0 Å². The van der Waals surface area contributed by atoms with Gasteiger partial charge in [-0.05, 0) is 59.9 Å². The third-order valence-corrected chi connectivity index (χ3v) is 5.51. The summed E-state index contributed by atoms with van der Waals surface area (Å²) in [5, 5.41) is 5.59. The first-order valence-electron chi connectivity index (χ1n) is 12.8. The number of alkyl carbamates (subject to hydrolysis) is 1. The van der Waals surface area contributed by atoms with Gasteiger partial charge in [-0.1, -0.05) is 48.7 Å². The summed E-state index contributed by atoms with van der Waals surface area (Å²) < 4.78 is 5.33. The van der Waals surface area contributed by atoms with Crippen molar-refractivity contribution in [2.24, 2.45) is 5.73 Å². The molecule has 0 aliphatic carbocycles. The van der Waals surface area contributed by atoms with Gasteiger partial charge in [0.15, 0.2) is 0 Å². The van der Waals surface area contributed by atoms with E-state index in [1.165, 1.54) is 11.0 Å². The molecular weight excluding hydrogens is 472 g/mol. The number of benzene rings is 1. The average molecular weight is 517 g/mol. The van der Waals surface area contributed by atoms with Crippen molar-refractivity contribution in [1.82, 2.24) is 15.5 Å². The Morgan fingerprint density at radius 2 is 1.68 bits per heavy atom. The van der Waals surface area contributed by atoms with Crippen molar-refractivity contribution in [3.05, 3.63) is 47.5 Å². The number of primary amides is 1. The van der Waals surface area contributed by atoms with E-state index in [1.807, 2.05) is 45.9 Å². The van der Waals surface area contributed by atoms with Gasteiger partial charge in [0, 0.05) is 19.0 Å². The molecule has 0 aliphatic rings. The maximum atomic E-state index is 13.9. The summed E-state index contributed by atoms with van der Waals surface area (Å²) in [6, 6.07) is 3.49. The maximum Gasteiger partial charge on any atom is 0.408 e. The second kappa shape index (κ2) is 14.4. The molecule has 0 bridgehead atoms. The lowest BCUT2D eigenvalue weighted by Crippen LogP contribution is -2.53. The number of nitrogens with one attached hydrogen (secondary N) is 2. The van der Waals surface area contributed by atoms with Gasteiger partial charge in [0.25, 0.3) is 0 Å². The number of rotatable bonds is 13. The molecule has 1 aromatic rings.